The van der Waals surface area contributed by atoms with Crippen LogP contribution in [0.4, 0.5) is 0 Å². The molecule has 0 unspecified atom stereocenters. The molecule has 0 aliphatic carbocycles. The van der Waals surface area contributed by atoms with Crippen molar-refractivity contribution >= 4 is 16.9 Å². The zero-order valence-corrected chi connectivity index (χ0v) is 15.3. The average molecular weight is 364 g/mol. The van der Waals surface area contributed by atoms with Gasteiger partial charge in [-0.3, -0.25) is 4.99 Å². The Labute approximate surface area is 157 Å². The SMILES string of the molecule is COc1cc(/C(=N/N)C(C)=NC2CCN(C#N)CC2)cn2ncc(C#N)c12. The monoisotopic (exact) mass is 364 g/mol. The molecule has 2 N–H and O–H groups in total. The van der Waals surface area contributed by atoms with Gasteiger partial charge < -0.3 is 15.5 Å². The second-order valence-electron chi connectivity index (χ2n) is 6.27. The number of aromatic nitrogens is 2. The van der Waals surface area contributed by atoms with E-state index in [1.807, 2.05) is 6.92 Å². The molecule has 3 rings (SSSR count). The fourth-order valence-corrected chi connectivity index (χ4v) is 3.26. The van der Waals surface area contributed by atoms with E-state index in [0.29, 0.717) is 46.9 Å². The van der Waals surface area contributed by atoms with Crippen LogP contribution in [-0.2, 0) is 0 Å². The van der Waals surface area contributed by atoms with Crippen molar-refractivity contribution in [2.45, 2.75) is 25.8 Å². The van der Waals surface area contributed by atoms with Crippen LogP contribution >= 0.6 is 0 Å². The molecule has 0 aromatic carbocycles. The number of nitrogens with zero attached hydrogens (tertiary/aromatic N) is 7. The maximum absolute atomic E-state index is 9.23. The average Bonchev–Trinajstić information content (AvgIpc) is 3.11. The summed E-state index contributed by atoms with van der Waals surface area (Å²) in [5.41, 5.74) is 2.97. The molecule has 0 atom stereocenters. The maximum atomic E-state index is 9.23. The number of hydrazone groups is 1. The smallest absolute Gasteiger partial charge is 0.179 e. The molecule has 3 heterocycles. The third-order valence-electron chi connectivity index (χ3n) is 4.64. The first-order chi connectivity index (χ1) is 13.1. The summed E-state index contributed by atoms with van der Waals surface area (Å²) in [5.74, 6) is 6.17. The Morgan fingerprint density at radius 3 is 2.70 bits per heavy atom. The van der Waals surface area contributed by atoms with Crippen LogP contribution < -0.4 is 10.6 Å². The molecular formula is C18H20N8O. The fraction of sp³-hybridized carbons (Fsp3) is 0.389. The van der Waals surface area contributed by atoms with Gasteiger partial charge in [0.05, 0.1) is 25.1 Å². The van der Waals surface area contributed by atoms with Gasteiger partial charge >= 0.3 is 0 Å². The number of rotatable bonds is 4. The molecule has 2 aromatic rings. The van der Waals surface area contributed by atoms with Gasteiger partial charge in [-0.1, -0.05) is 0 Å². The predicted octanol–water partition coefficient (Wildman–Crippen LogP) is 1.28. The molecule has 0 spiro atoms. The molecule has 2 aromatic heterocycles. The first-order valence-electron chi connectivity index (χ1n) is 8.54. The standard InChI is InChI=1S/C18H20N8O/c1-12(23-15-3-5-25(11-20)6-4-15)17(24-21)13-7-16(27-2)18-14(8-19)9-22-26(18)10-13/h7,9-10,15H,3-6,21H2,1-2H3/b23-12?,24-17+. The van der Waals surface area contributed by atoms with Crippen molar-refractivity contribution in [1.29, 1.82) is 10.5 Å². The van der Waals surface area contributed by atoms with Gasteiger partial charge in [0.1, 0.15) is 28.6 Å². The minimum atomic E-state index is 0.131. The summed E-state index contributed by atoms with van der Waals surface area (Å²) in [6.07, 6.45) is 7.04. The maximum Gasteiger partial charge on any atom is 0.179 e. The van der Waals surface area contributed by atoms with Crippen molar-refractivity contribution in [2.24, 2.45) is 15.9 Å². The van der Waals surface area contributed by atoms with E-state index in [1.54, 1.807) is 21.7 Å². The van der Waals surface area contributed by atoms with Crippen LogP contribution in [0.1, 0.15) is 30.9 Å². The van der Waals surface area contributed by atoms with E-state index in [-0.39, 0.29) is 6.04 Å². The van der Waals surface area contributed by atoms with Crippen molar-refractivity contribution < 1.29 is 4.74 Å². The van der Waals surface area contributed by atoms with Gasteiger partial charge in [0, 0.05) is 24.8 Å². The molecular weight excluding hydrogens is 344 g/mol. The van der Waals surface area contributed by atoms with E-state index in [0.717, 1.165) is 12.8 Å². The van der Waals surface area contributed by atoms with Gasteiger partial charge in [0.2, 0.25) is 0 Å². The van der Waals surface area contributed by atoms with Gasteiger partial charge in [-0.25, -0.2) is 4.52 Å². The summed E-state index contributed by atoms with van der Waals surface area (Å²) in [6.45, 7) is 3.27. The lowest BCUT2D eigenvalue weighted by Gasteiger charge is -2.26. The van der Waals surface area contributed by atoms with Crippen molar-refractivity contribution in [3.05, 3.63) is 29.6 Å². The molecule has 1 fully saturated rings. The highest BCUT2D eigenvalue weighted by atomic mass is 16.5. The molecule has 1 aliphatic heterocycles. The van der Waals surface area contributed by atoms with E-state index in [1.165, 1.54) is 13.3 Å². The van der Waals surface area contributed by atoms with Gasteiger partial charge in [0.15, 0.2) is 6.19 Å². The first kappa shape index (κ1) is 18.2. The topological polar surface area (TPSA) is 128 Å². The number of piperidine rings is 1. The fourth-order valence-electron chi connectivity index (χ4n) is 3.26. The normalized spacial score (nSPS) is 16.2. The van der Waals surface area contributed by atoms with Crippen LogP contribution in [0.25, 0.3) is 5.52 Å². The number of likely N-dealkylation sites (tertiary alicyclic amines) is 1. The lowest BCUT2D eigenvalue weighted by Crippen LogP contribution is -2.32. The number of fused-ring (bicyclic) bond motifs is 1. The Bertz CT molecular complexity index is 983. The number of nitrogens with two attached hydrogens (primary N) is 1. The van der Waals surface area contributed by atoms with Gasteiger partial charge in [0.25, 0.3) is 0 Å². The number of pyridine rings is 1. The molecule has 9 nitrogen and oxygen atoms in total. The van der Waals surface area contributed by atoms with Crippen molar-refractivity contribution in [2.75, 3.05) is 20.2 Å². The molecule has 1 saturated heterocycles. The predicted molar refractivity (Wildman–Crippen MR) is 101 cm³/mol. The molecule has 1 aliphatic rings. The second-order valence-corrected chi connectivity index (χ2v) is 6.27. The van der Waals surface area contributed by atoms with Crippen LogP contribution in [0.15, 0.2) is 28.6 Å². The van der Waals surface area contributed by atoms with E-state index >= 15 is 0 Å². The zero-order valence-electron chi connectivity index (χ0n) is 15.3. The lowest BCUT2D eigenvalue weighted by molar-refractivity contribution is 0.297. The Kier molecular flexibility index (Phi) is 5.23. The second kappa shape index (κ2) is 7.75. The van der Waals surface area contributed by atoms with Crippen molar-refractivity contribution in [3.8, 4) is 18.0 Å². The van der Waals surface area contributed by atoms with Crippen molar-refractivity contribution in [3.63, 3.8) is 0 Å². The van der Waals surface area contributed by atoms with E-state index in [4.69, 9.17) is 20.8 Å². The Balaban J connectivity index is 1.93. The molecule has 0 amide bonds. The Morgan fingerprint density at radius 1 is 1.37 bits per heavy atom. The highest BCUT2D eigenvalue weighted by Gasteiger charge is 2.20. The van der Waals surface area contributed by atoms with Gasteiger partial charge in [-0.05, 0) is 25.8 Å². The molecule has 138 valence electrons. The molecule has 9 heteroatoms. The third kappa shape index (κ3) is 3.53. The van der Waals surface area contributed by atoms with Crippen LogP contribution in [0.5, 0.6) is 5.75 Å². The van der Waals surface area contributed by atoms with E-state index in [9.17, 15) is 5.26 Å². The highest BCUT2D eigenvalue weighted by Crippen LogP contribution is 2.25. The minimum Gasteiger partial charge on any atom is -0.494 e. The first-order valence-corrected chi connectivity index (χ1v) is 8.54. The summed E-state index contributed by atoms with van der Waals surface area (Å²) in [6, 6.07) is 4.01. The summed E-state index contributed by atoms with van der Waals surface area (Å²) in [7, 11) is 1.54. The highest BCUT2D eigenvalue weighted by molar-refractivity contribution is 6.47. The lowest BCUT2D eigenvalue weighted by atomic mass is 10.0. The molecule has 0 saturated carbocycles. The number of methoxy groups -OCH3 is 1. The number of ether oxygens (including phenoxy) is 1. The number of hydrogen-bond acceptors (Lipinski definition) is 8. The Morgan fingerprint density at radius 2 is 2.11 bits per heavy atom. The van der Waals surface area contributed by atoms with E-state index in [2.05, 4.69) is 22.5 Å². The summed E-state index contributed by atoms with van der Waals surface area (Å²) >= 11 is 0. The quantitative estimate of drug-likeness (QED) is 0.377. The number of nitriles is 2. The summed E-state index contributed by atoms with van der Waals surface area (Å²) < 4.78 is 7.01. The number of aliphatic imine (C=N–C) groups is 1. The largest absolute Gasteiger partial charge is 0.494 e. The molecule has 27 heavy (non-hydrogen) atoms. The number of hydrogen-bond donors (Lipinski definition) is 1. The minimum absolute atomic E-state index is 0.131. The van der Waals surface area contributed by atoms with E-state index < -0.39 is 0 Å². The zero-order chi connectivity index (χ0) is 19.4. The molecule has 0 bridgehead atoms. The summed E-state index contributed by atoms with van der Waals surface area (Å²) in [5, 5.41) is 26.3. The molecule has 0 radical (unpaired) electrons. The van der Waals surface area contributed by atoms with Crippen LogP contribution in [-0.4, -0.2) is 52.2 Å². The van der Waals surface area contributed by atoms with Crippen LogP contribution in [0.2, 0.25) is 0 Å². The van der Waals surface area contributed by atoms with Crippen LogP contribution in [0, 0.1) is 22.8 Å². The Hall–Kier alpha value is -3.59. The third-order valence-corrected chi connectivity index (χ3v) is 4.64. The van der Waals surface area contributed by atoms with Crippen molar-refractivity contribution in [1.82, 2.24) is 14.5 Å². The summed E-state index contributed by atoms with van der Waals surface area (Å²) in [4.78, 5) is 6.49. The van der Waals surface area contributed by atoms with Gasteiger partial charge in [-0.2, -0.15) is 20.7 Å². The van der Waals surface area contributed by atoms with Crippen LogP contribution in [0.3, 0.4) is 0 Å². The van der Waals surface area contributed by atoms with Gasteiger partial charge in [-0.15, -0.1) is 0 Å².